The largest absolute Gasteiger partial charge is 0.467 e. The molecule has 0 saturated carbocycles. The zero-order valence-electron chi connectivity index (χ0n) is 11.5. The van der Waals surface area contributed by atoms with Crippen molar-refractivity contribution in [2.75, 3.05) is 14.2 Å². The van der Waals surface area contributed by atoms with E-state index in [2.05, 4.69) is 16.0 Å². The number of esters is 1. The van der Waals surface area contributed by atoms with Gasteiger partial charge >= 0.3 is 5.97 Å². The molecule has 5 heteroatoms. The van der Waals surface area contributed by atoms with Crippen molar-refractivity contribution < 1.29 is 19.1 Å². The Kier molecular flexibility index (Phi) is 6.27. The molecule has 2 atom stereocenters. The summed E-state index contributed by atoms with van der Waals surface area (Å²) in [5.74, 6) is 1.30. The van der Waals surface area contributed by atoms with Crippen LogP contribution in [0.2, 0.25) is 0 Å². The number of rotatable bonds is 6. The van der Waals surface area contributed by atoms with Gasteiger partial charge in [0, 0.05) is 13.5 Å². The van der Waals surface area contributed by atoms with Gasteiger partial charge in [-0.1, -0.05) is 30.3 Å². The van der Waals surface area contributed by atoms with Crippen molar-refractivity contribution in [1.82, 2.24) is 5.32 Å². The predicted molar refractivity (Wildman–Crippen MR) is 73.6 cm³/mol. The van der Waals surface area contributed by atoms with Crippen molar-refractivity contribution in [3.8, 4) is 12.3 Å². The van der Waals surface area contributed by atoms with Crippen LogP contribution in [0, 0.1) is 12.3 Å². The third kappa shape index (κ3) is 4.11. The molecule has 0 aromatic heterocycles. The number of hydrogen-bond donors (Lipinski definition) is 1. The maximum Gasteiger partial charge on any atom is 0.329 e. The summed E-state index contributed by atoms with van der Waals surface area (Å²) in [6, 6.07) is 8.09. The zero-order valence-corrected chi connectivity index (χ0v) is 11.5. The first-order valence-electron chi connectivity index (χ1n) is 6.03. The Morgan fingerprint density at radius 3 is 2.45 bits per heavy atom. The van der Waals surface area contributed by atoms with E-state index in [1.54, 1.807) is 24.3 Å². The van der Waals surface area contributed by atoms with Crippen molar-refractivity contribution in [2.24, 2.45) is 0 Å². The average Bonchev–Trinajstić information content (AvgIpc) is 2.48. The minimum atomic E-state index is -0.876. The van der Waals surface area contributed by atoms with Gasteiger partial charge in [-0.25, -0.2) is 4.79 Å². The SMILES string of the molecule is C#CC[C@H](NC(=O)[C@@H](OC)c1ccccc1)C(=O)OC. The maximum absolute atomic E-state index is 12.2. The van der Waals surface area contributed by atoms with Gasteiger partial charge in [0.05, 0.1) is 7.11 Å². The summed E-state index contributed by atoms with van der Waals surface area (Å²) in [6.07, 6.45) is 4.43. The second-order valence-electron chi connectivity index (χ2n) is 4.02. The van der Waals surface area contributed by atoms with Gasteiger partial charge in [-0.3, -0.25) is 4.79 Å². The van der Waals surface area contributed by atoms with Crippen molar-refractivity contribution in [3.05, 3.63) is 35.9 Å². The molecule has 0 aliphatic carbocycles. The molecule has 1 N–H and O–H groups in total. The average molecular weight is 275 g/mol. The fourth-order valence-corrected chi connectivity index (χ4v) is 1.72. The van der Waals surface area contributed by atoms with Crippen LogP contribution in [0.5, 0.6) is 0 Å². The Labute approximate surface area is 118 Å². The molecule has 1 aromatic carbocycles. The van der Waals surface area contributed by atoms with E-state index in [1.165, 1.54) is 14.2 Å². The quantitative estimate of drug-likeness (QED) is 0.622. The summed E-state index contributed by atoms with van der Waals surface area (Å²) >= 11 is 0. The fourth-order valence-electron chi connectivity index (χ4n) is 1.72. The number of hydrogen-bond acceptors (Lipinski definition) is 4. The number of carbonyl (C=O) groups is 2. The smallest absolute Gasteiger partial charge is 0.329 e. The van der Waals surface area contributed by atoms with Gasteiger partial charge < -0.3 is 14.8 Å². The highest BCUT2D eigenvalue weighted by molar-refractivity contribution is 5.87. The van der Waals surface area contributed by atoms with Gasteiger partial charge in [0.15, 0.2) is 6.10 Å². The van der Waals surface area contributed by atoms with Crippen molar-refractivity contribution in [3.63, 3.8) is 0 Å². The van der Waals surface area contributed by atoms with E-state index in [9.17, 15) is 9.59 Å². The number of terminal acetylenes is 1. The monoisotopic (exact) mass is 275 g/mol. The molecule has 0 saturated heterocycles. The number of amides is 1. The normalized spacial score (nSPS) is 12.8. The lowest BCUT2D eigenvalue weighted by Crippen LogP contribution is -2.43. The fraction of sp³-hybridized carbons (Fsp3) is 0.333. The first-order valence-corrected chi connectivity index (χ1v) is 6.03. The predicted octanol–water partition coefficient (Wildman–Crippen LogP) is 1.06. The molecule has 0 spiro atoms. The number of benzene rings is 1. The van der Waals surface area contributed by atoms with Gasteiger partial charge in [0.2, 0.25) is 0 Å². The molecule has 1 aromatic rings. The molecule has 0 aliphatic heterocycles. The Hall–Kier alpha value is -2.32. The minimum Gasteiger partial charge on any atom is -0.467 e. The number of ether oxygens (including phenoxy) is 2. The molecule has 0 radical (unpaired) electrons. The van der Waals surface area contributed by atoms with Gasteiger partial charge in [-0.05, 0) is 5.56 Å². The molecule has 1 amide bonds. The van der Waals surface area contributed by atoms with Crippen LogP contribution in [0.25, 0.3) is 0 Å². The lowest BCUT2D eigenvalue weighted by atomic mass is 10.1. The molecule has 0 unspecified atom stereocenters. The van der Waals surface area contributed by atoms with E-state index in [4.69, 9.17) is 11.2 Å². The van der Waals surface area contributed by atoms with E-state index in [-0.39, 0.29) is 6.42 Å². The van der Waals surface area contributed by atoms with Crippen LogP contribution < -0.4 is 5.32 Å². The topological polar surface area (TPSA) is 64.6 Å². The summed E-state index contributed by atoms with van der Waals surface area (Å²) in [5.41, 5.74) is 0.692. The lowest BCUT2D eigenvalue weighted by molar-refractivity contribution is -0.146. The first kappa shape index (κ1) is 15.7. The summed E-state index contributed by atoms with van der Waals surface area (Å²) < 4.78 is 9.77. The van der Waals surface area contributed by atoms with Crippen molar-refractivity contribution in [2.45, 2.75) is 18.6 Å². The molecule has 1 rings (SSSR count). The molecule has 5 nitrogen and oxygen atoms in total. The second-order valence-corrected chi connectivity index (χ2v) is 4.02. The highest BCUT2D eigenvalue weighted by Crippen LogP contribution is 2.16. The molecule has 0 aliphatic rings. The molecule has 20 heavy (non-hydrogen) atoms. The van der Waals surface area contributed by atoms with Crippen LogP contribution in [0.15, 0.2) is 30.3 Å². The third-order valence-electron chi connectivity index (χ3n) is 2.70. The standard InChI is InChI=1S/C15H17NO4/c1-4-8-12(15(18)20-3)16-14(17)13(19-2)11-9-6-5-7-10-11/h1,5-7,9-10,12-13H,8H2,2-3H3,(H,16,17)/t12-,13-/m0/s1. The highest BCUT2D eigenvalue weighted by Gasteiger charge is 2.26. The molecule has 0 bridgehead atoms. The number of nitrogens with one attached hydrogen (secondary N) is 1. The first-order chi connectivity index (χ1) is 9.63. The molecule has 106 valence electrons. The summed E-state index contributed by atoms with van der Waals surface area (Å²) in [5, 5.41) is 2.54. The maximum atomic E-state index is 12.2. The summed E-state index contributed by atoms with van der Waals surface area (Å²) in [6.45, 7) is 0. The zero-order chi connectivity index (χ0) is 15.0. The van der Waals surface area contributed by atoms with Gasteiger partial charge in [-0.15, -0.1) is 12.3 Å². The van der Waals surface area contributed by atoms with Gasteiger partial charge in [-0.2, -0.15) is 0 Å². The van der Waals surface area contributed by atoms with E-state index < -0.39 is 24.0 Å². The molecule has 0 heterocycles. The molecular formula is C15H17NO4. The van der Waals surface area contributed by atoms with E-state index in [1.807, 2.05) is 6.07 Å². The second kappa shape index (κ2) is 7.97. The summed E-state index contributed by atoms with van der Waals surface area (Å²) in [4.78, 5) is 23.7. The third-order valence-corrected chi connectivity index (χ3v) is 2.70. The summed E-state index contributed by atoms with van der Waals surface area (Å²) in [7, 11) is 2.66. The lowest BCUT2D eigenvalue weighted by Gasteiger charge is -2.19. The Bertz CT molecular complexity index is 492. The van der Waals surface area contributed by atoms with Gasteiger partial charge in [0.25, 0.3) is 5.91 Å². The Balaban J connectivity index is 2.81. The van der Waals surface area contributed by atoms with Crippen LogP contribution in [0.1, 0.15) is 18.1 Å². The van der Waals surface area contributed by atoms with E-state index in [0.717, 1.165) is 0 Å². The van der Waals surface area contributed by atoms with Crippen molar-refractivity contribution in [1.29, 1.82) is 0 Å². The van der Waals surface area contributed by atoms with Crippen LogP contribution in [0.4, 0.5) is 0 Å². The van der Waals surface area contributed by atoms with Crippen molar-refractivity contribution >= 4 is 11.9 Å². The van der Waals surface area contributed by atoms with Gasteiger partial charge in [0.1, 0.15) is 6.04 Å². The van der Waals surface area contributed by atoms with Crippen LogP contribution in [-0.4, -0.2) is 32.1 Å². The van der Waals surface area contributed by atoms with Crippen LogP contribution >= 0.6 is 0 Å². The van der Waals surface area contributed by atoms with E-state index >= 15 is 0 Å². The Morgan fingerprint density at radius 2 is 1.95 bits per heavy atom. The molecule has 0 fully saturated rings. The number of methoxy groups -OCH3 is 2. The number of carbonyl (C=O) groups excluding carboxylic acids is 2. The van der Waals surface area contributed by atoms with E-state index in [0.29, 0.717) is 5.56 Å². The van der Waals surface area contributed by atoms with Crippen LogP contribution in [-0.2, 0) is 19.1 Å². The highest BCUT2D eigenvalue weighted by atomic mass is 16.5. The molecular weight excluding hydrogens is 258 g/mol. The van der Waals surface area contributed by atoms with Crippen LogP contribution in [0.3, 0.4) is 0 Å². The minimum absolute atomic E-state index is 0.0592. The Morgan fingerprint density at radius 1 is 1.30 bits per heavy atom.